The number of carboxylic acids is 1. The minimum absolute atomic E-state index is 0.00324. The van der Waals surface area contributed by atoms with Gasteiger partial charge in [-0.25, -0.2) is 0 Å². The lowest BCUT2D eigenvalue weighted by molar-refractivity contribution is -0.135. The summed E-state index contributed by atoms with van der Waals surface area (Å²) in [6.45, 7) is 5.77. The molecule has 1 aliphatic heterocycles. The number of nitrogens with zero attached hydrogens (tertiary/aromatic N) is 2. The molecule has 1 aliphatic rings. The normalized spacial score (nSPS) is 21.5. The number of carbonyl (C=O) groups is 2. The van der Waals surface area contributed by atoms with Crippen LogP contribution >= 0.6 is 0 Å². The first-order valence-corrected chi connectivity index (χ1v) is 7.75. The average Bonchev–Trinajstić information content (AvgIpc) is 2.46. The zero-order chi connectivity index (χ0) is 16.1. The van der Waals surface area contributed by atoms with E-state index >= 15 is 0 Å². The maximum atomic E-state index is 12.5. The smallest absolute Gasteiger partial charge is 0.323 e. The van der Waals surface area contributed by atoms with E-state index in [0.717, 1.165) is 25.2 Å². The first-order chi connectivity index (χ1) is 10.5. The van der Waals surface area contributed by atoms with Gasteiger partial charge in [-0.15, -0.1) is 0 Å². The summed E-state index contributed by atoms with van der Waals surface area (Å²) in [6, 6.07) is 9.23. The number of amides is 1. The Kier molecular flexibility index (Phi) is 5.41. The first kappa shape index (κ1) is 16.3. The number of piperidine rings is 1. The summed E-state index contributed by atoms with van der Waals surface area (Å²) in [6.07, 6.45) is 1.14. The summed E-state index contributed by atoms with van der Waals surface area (Å²) in [5.74, 6) is 0.0650. The lowest BCUT2D eigenvalue weighted by Gasteiger charge is -2.36. The molecule has 5 heteroatoms. The molecule has 1 saturated heterocycles. The van der Waals surface area contributed by atoms with Crippen LogP contribution in [-0.4, -0.2) is 48.1 Å². The van der Waals surface area contributed by atoms with Crippen molar-refractivity contribution in [1.82, 2.24) is 4.90 Å². The summed E-state index contributed by atoms with van der Waals surface area (Å²) in [7, 11) is 0. The van der Waals surface area contributed by atoms with Gasteiger partial charge < -0.3 is 14.9 Å². The third kappa shape index (κ3) is 4.48. The number of likely N-dealkylation sites (tertiary alicyclic amines) is 1. The molecule has 0 radical (unpaired) electrons. The first-order valence-electron chi connectivity index (χ1n) is 7.75. The van der Waals surface area contributed by atoms with Gasteiger partial charge in [-0.2, -0.15) is 0 Å². The van der Waals surface area contributed by atoms with Gasteiger partial charge in [0.15, 0.2) is 0 Å². The zero-order valence-electron chi connectivity index (χ0n) is 13.2. The van der Waals surface area contributed by atoms with Crippen molar-refractivity contribution >= 4 is 17.6 Å². The van der Waals surface area contributed by atoms with Gasteiger partial charge in [0.1, 0.15) is 6.54 Å². The van der Waals surface area contributed by atoms with Gasteiger partial charge in [0.25, 0.3) is 0 Å². The minimum atomic E-state index is -0.933. The van der Waals surface area contributed by atoms with Crippen LogP contribution in [0.15, 0.2) is 30.3 Å². The van der Waals surface area contributed by atoms with Crippen molar-refractivity contribution in [2.45, 2.75) is 20.3 Å². The molecular formula is C17H24N2O3. The third-order valence-corrected chi connectivity index (χ3v) is 4.00. The van der Waals surface area contributed by atoms with Crippen molar-refractivity contribution in [3.63, 3.8) is 0 Å². The molecule has 22 heavy (non-hydrogen) atoms. The molecule has 1 aromatic carbocycles. The molecule has 2 atom stereocenters. The maximum Gasteiger partial charge on any atom is 0.323 e. The molecule has 2 unspecified atom stereocenters. The Balaban J connectivity index is 2.06. The number of carbonyl (C=O) groups excluding carboxylic acids is 1. The second-order valence-electron chi connectivity index (χ2n) is 6.33. The number of anilines is 1. The largest absolute Gasteiger partial charge is 0.480 e. The molecule has 120 valence electrons. The van der Waals surface area contributed by atoms with Crippen molar-refractivity contribution in [1.29, 1.82) is 0 Å². The Morgan fingerprint density at radius 3 is 2.27 bits per heavy atom. The van der Waals surface area contributed by atoms with Gasteiger partial charge in [-0.05, 0) is 30.4 Å². The summed E-state index contributed by atoms with van der Waals surface area (Å²) in [5, 5.41) is 9.09. The summed E-state index contributed by atoms with van der Waals surface area (Å²) >= 11 is 0. The third-order valence-electron chi connectivity index (χ3n) is 4.00. The van der Waals surface area contributed by atoms with Crippen LogP contribution < -0.4 is 4.90 Å². The van der Waals surface area contributed by atoms with Gasteiger partial charge >= 0.3 is 5.97 Å². The molecule has 5 nitrogen and oxygen atoms in total. The number of carboxylic acid groups (broad SMARTS) is 1. The minimum Gasteiger partial charge on any atom is -0.480 e. The number of benzene rings is 1. The van der Waals surface area contributed by atoms with E-state index < -0.39 is 5.97 Å². The van der Waals surface area contributed by atoms with Crippen molar-refractivity contribution < 1.29 is 14.7 Å². The van der Waals surface area contributed by atoms with Crippen LogP contribution in [0.2, 0.25) is 0 Å². The van der Waals surface area contributed by atoms with E-state index in [9.17, 15) is 9.59 Å². The molecule has 1 heterocycles. The van der Waals surface area contributed by atoms with Crippen molar-refractivity contribution in [2.75, 3.05) is 31.1 Å². The van der Waals surface area contributed by atoms with Crippen LogP contribution in [0.25, 0.3) is 0 Å². The Morgan fingerprint density at radius 2 is 1.73 bits per heavy atom. The molecule has 1 N–H and O–H groups in total. The molecule has 0 saturated carbocycles. The molecule has 1 fully saturated rings. The molecule has 0 bridgehead atoms. The van der Waals surface area contributed by atoms with Crippen LogP contribution in [0.3, 0.4) is 0 Å². The Bertz CT molecular complexity index is 508. The van der Waals surface area contributed by atoms with E-state index in [2.05, 4.69) is 13.8 Å². The van der Waals surface area contributed by atoms with Crippen LogP contribution in [0, 0.1) is 11.8 Å². The predicted molar refractivity (Wildman–Crippen MR) is 85.8 cm³/mol. The molecule has 0 aromatic heterocycles. The Labute approximate surface area is 131 Å². The number of hydrogen-bond donors (Lipinski definition) is 1. The highest BCUT2D eigenvalue weighted by atomic mass is 16.4. The molecular weight excluding hydrogens is 280 g/mol. The fraction of sp³-hybridized carbons (Fsp3) is 0.529. The highest BCUT2D eigenvalue weighted by molar-refractivity contribution is 5.84. The lowest BCUT2D eigenvalue weighted by Crippen LogP contribution is -2.47. The van der Waals surface area contributed by atoms with Crippen LogP contribution in [0.1, 0.15) is 20.3 Å². The topological polar surface area (TPSA) is 60.9 Å². The van der Waals surface area contributed by atoms with E-state index in [-0.39, 0.29) is 19.0 Å². The summed E-state index contributed by atoms with van der Waals surface area (Å²) < 4.78 is 0. The van der Waals surface area contributed by atoms with Crippen molar-refractivity contribution in [2.24, 2.45) is 11.8 Å². The number of para-hydroxylation sites is 1. The summed E-state index contributed by atoms with van der Waals surface area (Å²) in [5.41, 5.74) is 0.761. The summed E-state index contributed by atoms with van der Waals surface area (Å²) in [4.78, 5) is 27.1. The SMILES string of the molecule is CC1CC(C)CN(C(=O)CN(CC(=O)O)c2ccccc2)C1. The standard InChI is InChI=1S/C17H24N2O3/c1-13-8-14(2)10-19(9-13)16(20)11-18(12-17(21)22)15-6-4-3-5-7-15/h3-7,13-14H,8-12H2,1-2H3,(H,21,22). The van der Waals surface area contributed by atoms with E-state index in [1.807, 2.05) is 35.2 Å². The highest BCUT2D eigenvalue weighted by Gasteiger charge is 2.26. The Hall–Kier alpha value is -2.04. The number of rotatable bonds is 5. The number of aliphatic carboxylic acids is 1. The van der Waals surface area contributed by atoms with Crippen molar-refractivity contribution in [3.05, 3.63) is 30.3 Å². The second kappa shape index (κ2) is 7.29. The molecule has 0 aliphatic carbocycles. The van der Waals surface area contributed by atoms with Gasteiger partial charge in [0, 0.05) is 18.8 Å². The van der Waals surface area contributed by atoms with Gasteiger partial charge in [-0.1, -0.05) is 32.0 Å². The van der Waals surface area contributed by atoms with Crippen LogP contribution in [-0.2, 0) is 9.59 Å². The van der Waals surface area contributed by atoms with Gasteiger partial charge in [0.05, 0.1) is 6.54 Å². The predicted octanol–water partition coefficient (Wildman–Crippen LogP) is 2.08. The van der Waals surface area contributed by atoms with Crippen molar-refractivity contribution in [3.8, 4) is 0 Å². The molecule has 2 rings (SSSR count). The monoisotopic (exact) mass is 304 g/mol. The second-order valence-corrected chi connectivity index (χ2v) is 6.33. The fourth-order valence-corrected chi connectivity index (χ4v) is 3.17. The van der Waals surface area contributed by atoms with Gasteiger partial charge in [0.2, 0.25) is 5.91 Å². The molecule has 0 spiro atoms. The molecule has 1 amide bonds. The van der Waals surface area contributed by atoms with Crippen LogP contribution in [0.4, 0.5) is 5.69 Å². The molecule has 1 aromatic rings. The maximum absolute atomic E-state index is 12.5. The van der Waals surface area contributed by atoms with E-state index in [1.54, 1.807) is 4.90 Å². The highest BCUT2D eigenvalue weighted by Crippen LogP contribution is 2.21. The number of hydrogen-bond acceptors (Lipinski definition) is 3. The quantitative estimate of drug-likeness (QED) is 0.905. The zero-order valence-corrected chi connectivity index (χ0v) is 13.2. The van der Waals surface area contributed by atoms with E-state index in [1.165, 1.54) is 0 Å². The van der Waals surface area contributed by atoms with E-state index in [0.29, 0.717) is 11.8 Å². The van der Waals surface area contributed by atoms with Gasteiger partial charge in [-0.3, -0.25) is 9.59 Å². The Morgan fingerprint density at radius 1 is 1.14 bits per heavy atom. The fourth-order valence-electron chi connectivity index (χ4n) is 3.17. The van der Waals surface area contributed by atoms with E-state index in [4.69, 9.17) is 5.11 Å². The average molecular weight is 304 g/mol. The lowest BCUT2D eigenvalue weighted by atomic mass is 9.92. The van der Waals surface area contributed by atoms with Crippen LogP contribution in [0.5, 0.6) is 0 Å².